The monoisotopic (exact) mass is 455 g/mol. The number of rotatable bonds is 6. The Balaban J connectivity index is 0.00000484. The van der Waals surface area contributed by atoms with Crippen LogP contribution in [0.5, 0.6) is 5.75 Å². The van der Waals surface area contributed by atoms with E-state index in [1.807, 2.05) is 24.3 Å². The molecule has 0 saturated heterocycles. The van der Waals surface area contributed by atoms with E-state index in [1.54, 1.807) is 28.0 Å². The summed E-state index contributed by atoms with van der Waals surface area (Å²) in [7, 11) is 0.128. The fraction of sp³-hybridized carbons (Fsp3) is 0.533. The van der Waals surface area contributed by atoms with Gasteiger partial charge < -0.3 is 15.4 Å². The van der Waals surface area contributed by atoms with E-state index in [9.17, 15) is 8.42 Å². The molecule has 0 aliphatic carbocycles. The minimum Gasteiger partial charge on any atom is -0.497 e. The van der Waals surface area contributed by atoms with Crippen molar-refractivity contribution in [2.75, 3.05) is 27.0 Å². The first kappa shape index (κ1) is 22.0. The first-order valence-corrected chi connectivity index (χ1v) is 8.86. The van der Waals surface area contributed by atoms with Crippen molar-refractivity contribution < 1.29 is 13.2 Å². The number of hydrogen-bond acceptors (Lipinski definition) is 4. The number of hydrogen-bond donors (Lipinski definition) is 2. The average Bonchev–Trinajstić information content (AvgIpc) is 2.46. The van der Waals surface area contributed by atoms with Gasteiger partial charge in [0, 0.05) is 26.4 Å². The number of nitrogens with one attached hydrogen (secondary N) is 2. The lowest BCUT2D eigenvalue weighted by Gasteiger charge is -2.24. The molecule has 0 saturated carbocycles. The lowest BCUT2D eigenvalue weighted by molar-refractivity contribution is 0.414. The molecule has 0 radical (unpaired) electrons. The Labute approximate surface area is 156 Å². The van der Waals surface area contributed by atoms with Gasteiger partial charge in [-0.25, -0.2) is 8.42 Å². The Morgan fingerprint density at radius 2 is 1.96 bits per heavy atom. The van der Waals surface area contributed by atoms with E-state index in [0.717, 1.165) is 11.3 Å². The van der Waals surface area contributed by atoms with Gasteiger partial charge in [-0.05, 0) is 31.5 Å². The second-order valence-corrected chi connectivity index (χ2v) is 8.31. The molecule has 0 aliphatic rings. The average molecular weight is 455 g/mol. The highest BCUT2D eigenvalue weighted by atomic mass is 127. The van der Waals surface area contributed by atoms with Crippen LogP contribution in [0.25, 0.3) is 0 Å². The zero-order chi connectivity index (χ0) is 16.8. The Bertz CT molecular complexity index is 631. The van der Waals surface area contributed by atoms with Gasteiger partial charge in [0.15, 0.2) is 15.8 Å². The summed E-state index contributed by atoms with van der Waals surface area (Å²) < 4.78 is 27.7. The van der Waals surface area contributed by atoms with Gasteiger partial charge in [-0.1, -0.05) is 12.1 Å². The number of sulfone groups is 1. The van der Waals surface area contributed by atoms with Crippen LogP contribution >= 0.6 is 24.0 Å². The van der Waals surface area contributed by atoms with Gasteiger partial charge in [0.05, 0.1) is 11.9 Å². The second-order valence-electron chi connectivity index (χ2n) is 5.66. The molecule has 0 amide bonds. The number of nitrogens with zero attached hydrogens (tertiary/aromatic N) is 1. The zero-order valence-corrected chi connectivity index (χ0v) is 17.4. The molecule has 1 aromatic carbocycles. The van der Waals surface area contributed by atoms with Crippen LogP contribution in [-0.2, 0) is 16.4 Å². The van der Waals surface area contributed by atoms with E-state index in [4.69, 9.17) is 4.74 Å². The van der Waals surface area contributed by atoms with Crippen molar-refractivity contribution in [2.24, 2.45) is 4.99 Å². The van der Waals surface area contributed by atoms with Gasteiger partial charge in [-0.3, -0.25) is 4.99 Å². The molecule has 0 bridgehead atoms. The van der Waals surface area contributed by atoms with Crippen LogP contribution in [-0.4, -0.2) is 46.1 Å². The Kier molecular flexibility index (Phi) is 8.89. The number of halogens is 1. The molecule has 23 heavy (non-hydrogen) atoms. The number of guanidine groups is 1. The molecule has 0 atom stereocenters. The van der Waals surface area contributed by atoms with E-state index < -0.39 is 14.6 Å². The summed E-state index contributed by atoms with van der Waals surface area (Å²) in [5.41, 5.74) is 1.05. The third kappa shape index (κ3) is 6.94. The maximum absolute atomic E-state index is 11.7. The normalized spacial score (nSPS) is 12.3. The summed E-state index contributed by atoms with van der Waals surface area (Å²) >= 11 is 0. The van der Waals surface area contributed by atoms with Crippen molar-refractivity contribution in [3.63, 3.8) is 0 Å². The van der Waals surface area contributed by atoms with E-state index in [2.05, 4.69) is 15.6 Å². The van der Waals surface area contributed by atoms with E-state index in [1.165, 1.54) is 6.26 Å². The third-order valence-electron chi connectivity index (χ3n) is 3.50. The summed E-state index contributed by atoms with van der Waals surface area (Å²) in [6, 6.07) is 7.70. The molecule has 0 heterocycles. The molecule has 1 aromatic rings. The van der Waals surface area contributed by atoms with Crippen molar-refractivity contribution in [1.29, 1.82) is 0 Å². The van der Waals surface area contributed by atoms with Gasteiger partial charge in [0.2, 0.25) is 0 Å². The number of methoxy groups -OCH3 is 1. The van der Waals surface area contributed by atoms with Crippen LogP contribution in [0.3, 0.4) is 0 Å². The number of benzene rings is 1. The first-order valence-electron chi connectivity index (χ1n) is 6.96. The van der Waals surface area contributed by atoms with Crippen LogP contribution in [0.1, 0.15) is 19.4 Å². The first-order chi connectivity index (χ1) is 10.2. The van der Waals surface area contributed by atoms with Gasteiger partial charge in [0.25, 0.3) is 0 Å². The van der Waals surface area contributed by atoms with E-state index in [0.29, 0.717) is 12.5 Å². The van der Waals surface area contributed by atoms with Gasteiger partial charge in [-0.2, -0.15) is 0 Å². The van der Waals surface area contributed by atoms with Crippen LogP contribution in [0.15, 0.2) is 29.3 Å². The lowest BCUT2D eigenvalue weighted by Crippen LogP contribution is -2.47. The highest BCUT2D eigenvalue weighted by Gasteiger charge is 2.30. The molecule has 2 N–H and O–H groups in total. The molecule has 0 fully saturated rings. The minimum absolute atomic E-state index is 0. The molecule has 0 spiro atoms. The highest BCUT2D eigenvalue weighted by molar-refractivity contribution is 14.0. The standard InChI is InChI=1S/C15H25N3O3S.HI/c1-15(2,22(5,19)20)11-18-14(16-3)17-10-12-7-6-8-13(9-12)21-4;/h6-9H,10-11H2,1-5H3,(H2,16,17,18);1H. The molecular formula is C15H26IN3O3S. The van der Waals surface area contributed by atoms with Crippen molar-refractivity contribution in [2.45, 2.75) is 25.1 Å². The Hall–Kier alpha value is -1.03. The maximum atomic E-state index is 11.7. The predicted molar refractivity (Wildman–Crippen MR) is 106 cm³/mol. The minimum atomic E-state index is -3.14. The summed E-state index contributed by atoms with van der Waals surface area (Å²) in [6.07, 6.45) is 1.24. The lowest BCUT2D eigenvalue weighted by atomic mass is 10.2. The van der Waals surface area contributed by atoms with Crippen LogP contribution in [0.4, 0.5) is 0 Å². The predicted octanol–water partition coefficient (Wildman–Crippen LogP) is 1.80. The summed E-state index contributed by atoms with van der Waals surface area (Å²) in [6.45, 7) is 4.22. The molecule has 0 unspecified atom stereocenters. The quantitative estimate of drug-likeness (QED) is 0.389. The number of ether oxygens (including phenoxy) is 1. The smallest absolute Gasteiger partial charge is 0.191 e. The van der Waals surface area contributed by atoms with Gasteiger partial charge in [0.1, 0.15) is 5.75 Å². The van der Waals surface area contributed by atoms with Crippen molar-refractivity contribution in [3.8, 4) is 5.75 Å². The van der Waals surface area contributed by atoms with Crippen molar-refractivity contribution >= 4 is 39.8 Å². The fourth-order valence-corrected chi connectivity index (χ4v) is 1.95. The number of aliphatic imine (C=N–C) groups is 1. The van der Waals surface area contributed by atoms with Crippen LogP contribution in [0, 0.1) is 0 Å². The molecule has 8 heteroatoms. The molecule has 1 rings (SSSR count). The summed E-state index contributed by atoms with van der Waals surface area (Å²) in [5.74, 6) is 1.35. The van der Waals surface area contributed by atoms with E-state index in [-0.39, 0.29) is 30.5 Å². The molecule has 0 aliphatic heterocycles. The third-order valence-corrected chi connectivity index (χ3v) is 5.65. The second kappa shape index (κ2) is 9.31. The maximum Gasteiger partial charge on any atom is 0.191 e. The fourth-order valence-electron chi connectivity index (χ4n) is 1.62. The molecular weight excluding hydrogens is 429 g/mol. The van der Waals surface area contributed by atoms with Crippen LogP contribution in [0.2, 0.25) is 0 Å². The largest absolute Gasteiger partial charge is 0.497 e. The molecule has 132 valence electrons. The highest BCUT2D eigenvalue weighted by Crippen LogP contribution is 2.14. The van der Waals surface area contributed by atoms with E-state index >= 15 is 0 Å². The van der Waals surface area contributed by atoms with Crippen molar-refractivity contribution in [1.82, 2.24) is 10.6 Å². The summed E-state index contributed by atoms with van der Waals surface area (Å²) in [5, 5.41) is 6.19. The molecule has 6 nitrogen and oxygen atoms in total. The van der Waals surface area contributed by atoms with Crippen LogP contribution < -0.4 is 15.4 Å². The van der Waals surface area contributed by atoms with Gasteiger partial charge in [-0.15, -0.1) is 24.0 Å². The van der Waals surface area contributed by atoms with Crippen molar-refractivity contribution in [3.05, 3.63) is 29.8 Å². The Morgan fingerprint density at radius 3 is 2.48 bits per heavy atom. The molecule has 0 aromatic heterocycles. The summed E-state index contributed by atoms with van der Waals surface area (Å²) in [4.78, 5) is 4.10. The topological polar surface area (TPSA) is 79.8 Å². The van der Waals surface area contributed by atoms with Gasteiger partial charge >= 0.3 is 0 Å². The Morgan fingerprint density at radius 1 is 1.30 bits per heavy atom. The zero-order valence-electron chi connectivity index (χ0n) is 14.2. The SMILES string of the molecule is CN=C(NCc1cccc(OC)c1)NCC(C)(C)S(C)(=O)=O.I.